The maximum atomic E-state index is 12.2. The van der Waals surface area contributed by atoms with Crippen LogP contribution in [0.5, 0.6) is 0 Å². The van der Waals surface area contributed by atoms with Crippen LogP contribution in [0.25, 0.3) is 0 Å². The zero-order chi connectivity index (χ0) is 17.0. The third-order valence-electron chi connectivity index (χ3n) is 3.24. The molecular formula is C16H15Cl2NO3S. The number of carbonyl (C=O) groups is 1. The van der Waals surface area contributed by atoms with Gasteiger partial charge in [0, 0.05) is 22.2 Å². The molecule has 0 spiro atoms. The minimum absolute atomic E-state index is 0.142. The summed E-state index contributed by atoms with van der Waals surface area (Å²) in [5.41, 5.74) is 1.43. The topological polar surface area (TPSA) is 63.2 Å². The Morgan fingerprint density at radius 1 is 1.04 bits per heavy atom. The second-order valence-corrected chi connectivity index (χ2v) is 8.01. The number of aryl methyl sites for hydroxylation is 1. The van der Waals surface area contributed by atoms with Crippen LogP contribution in [0.2, 0.25) is 10.0 Å². The Morgan fingerprint density at radius 3 is 2.30 bits per heavy atom. The van der Waals surface area contributed by atoms with Crippen molar-refractivity contribution in [1.29, 1.82) is 0 Å². The Hall–Kier alpha value is -1.56. The van der Waals surface area contributed by atoms with Gasteiger partial charge in [0.15, 0.2) is 9.84 Å². The van der Waals surface area contributed by atoms with E-state index in [-0.39, 0.29) is 23.0 Å². The number of sulfone groups is 1. The Morgan fingerprint density at radius 2 is 1.65 bits per heavy atom. The molecular weight excluding hydrogens is 357 g/mol. The molecule has 0 bridgehead atoms. The minimum atomic E-state index is -3.53. The number of halogens is 2. The van der Waals surface area contributed by atoms with Gasteiger partial charge in [-0.3, -0.25) is 4.79 Å². The second kappa shape index (κ2) is 7.34. The van der Waals surface area contributed by atoms with Gasteiger partial charge in [0.25, 0.3) is 0 Å². The molecule has 0 saturated carbocycles. The molecule has 0 atom stereocenters. The summed E-state index contributed by atoms with van der Waals surface area (Å²) in [6, 6.07) is 11.0. The zero-order valence-corrected chi connectivity index (χ0v) is 14.7. The van der Waals surface area contributed by atoms with Crippen LogP contribution in [0, 0.1) is 6.92 Å². The lowest BCUT2D eigenvalue weighted by molar-refractivity contribution is -0.115. The van der Waals surface area contributed by atoms with Gasteiger partial charge in [0.2, 0.25) is 5.91 Å². The monoisotopic (exact) mass is 371 g/mol. The molecule has 2 aromatic rings. The van der Waals surface area contributed by atoms with Gasteiger partial charge in [0.1, 0.15) is 0 Å². The number of amides is 1. The van der Waals surface area contributed by atoms with Crippen LogP contribution < -0.4 is 5.32 Å². The lowest BCUT2D eigenvalue weighted by Crippen LogP contribution is -2.18. The Kier molecular flexibility index (Phi) is 5.68. The molecule has 0 fully saturated rings. The molecule has 1 amide bonds. The molecule has 0 heterocycles. The van der Waals surface area contributed by atoms with Crippen LogP contribution >= 0.6 is 23.2 Å². The van der Waals surface area contributed by atoms with Crippen molar-refractivity contribution in [3.63, 3.8) is 0 Å². The molecule has 0 aromatic heterocycles. The van der Waals surface area contributed by atoms with Gasteiger partial charge in [-0.1, -0.05) is 29.3 Å². The normalized spacial score (nSPS) is 11.3. The molecule has 0 aliphatic carbocycles. The van der Waals surface area contributed by atoms with Crippen molar-refractivity contribution in [2.75, 3.05) is 11.1 Å². The molecule has 7 heteroatoms. The van der Waals surface area contributed by atoms with E-state index < -0.39 is 9.84 Å². The number of anilines is 1. The SMILES string of the molecule is Cc1ccc(Cl)cc1NC(=O)CCS(=O)(=O)c1ccc(Cl)cc1. The molecule has 1 N–H and O–H groups in total. The van der Waals surface area contributed by atoms with Crippen molar-refractivity contribution in [1.82, 2.24) is 0 Å². The van der Waals surface area contributed by atoms with Crippen molar-refractivity contribution in [2.45, 2.75) is 18.2 Å². The first kappa shape index (κ1) is 17.8. The molecule has 0 aliphatic rings. The number of hydrogen-bond donors (Lipinski definition) is 1. The van der Waals surface area contributed by atoms with Gasteiger partial charge < -0.3 is 5.32 Å². The number of benzene rings is 2. The predicted molar refractivity (Wildman–Crippen MR) is 92.9 cm³/mol. The zero-order valence-electron chi connectivity index (χ0n) is 12.3. The number of hydrogen-bond acceptors (Lipinski definition) is 3. The maximum absolute atomic E-state index is 12.2. The number of nitrogens with one attached hydrogen (secondary N) is 1. The standard InChI is InChI=1S/C16H15Cl2NO3S/c1-11-2-3-13(18)10-15(11)19-16(20)8-9-23(21,22)14-6-4-12(17)5-7-14/h2-7,10H,8-9H2,1H3,(H,19,20). The summed E-state index contributed by atoms with van der Waals surface area (Å²) in [5.74, 6) is -0.659. The van der Waals surface area contributed by atoms with Gasteiger partial charge in [-0.25, -0.2) is 8.42 Å². The van der Waals surface area contributed by atoms with Crippen molar-refractivity contribution in [3.8, 4) is 0 Å². The predicted octanol–water partition coefficient (Wildman–Crippen LogP) is 4.10. The highest BCUT2D eigenvalue weighted by Gasteiger charge is 2.17. The lowest BCUT2D eigenvalue weighted by Gasteiger charge is -2.09. The van der Waals surface area contributed by atoms with Crippen molar-refractivity contribution in [2.24, 2.45) is 0 Å². The van der Waals surface area contributed by atoms with E-state index in [0.29, 0.717) is 15.7 Å². The second-order valence-electron chi connectivity index (χ2n) is 5.03. The third-order valence-corrected chi connectivity index (χ3v) is 5.46. The smallest absolute Gasteiger partial charge is 0.225 e. The Labute approximate surface area is 145 Å². The fourth-order valence-corrected chi connectivity index (χ4v) is 3.47. The van der Waals surface area contributed by atoms with Crippen LogP contribution in [0.15, 0.2) is 47.4 Å². The highest BCUT2D eigenvalue weighted by molar-refractivity contribution is 7.91. The van der Waals surface area contributed by atoms with Gasteiger partial charge in [-0.15, -0.1) is 0 Å². The van der Waals surface area contributed by atoms with E-state index in [1.54, 1.807) is 18.2 Å². The Bertz CT molecular complexity index is 818. The molecule has 4 nitrogen and oxygen atoms in total. The first-order chi connectivity index (χ1) is 10.8. The van der Waals surface area contributed by atoms with Crippen LogP contribution in [0.1, 0.15) is 12.0 Å². The number of rotatable bonds is 5. The lowest BCUT2D eigenvalue weighted by atomic mass is 10.2. The summed E-state index contributed by atoms with van der Waals surface area (Å²) < 4.78 is 24.4. The van der Waals surface area contributed by atoms with E-state index in [2.05, 4.69) is 5.32 Å². The Balaban J connectivity index is 2.01. The van der Waals surface area contributed by atoms with Crippen LogP contribution in [-0.4, -0.2) is 20.1 Å². The summed E-state index contributed by atoms with van der Waals surface area (Å²) >= 11 is 11.6. The summed E-state index contributed by atoms with van der Waals surface area (Å²) in [4.78, 5) is 12.1. The molecule has 2 rings (SSSR count). The van der Waals surface area contributed by atoms with Crippen LogP contribution in [0.4, 0.5) is 5.69 Å². The highest BCUT2D eigenvalue weighted by Crippen LogP contribution is 2.21. The van der Waals surface area contributed by atoms with E-state index >= 15 is 0 Å². The van der Waals surface area contributed by atoms with Crippen LogP contribution in [-0.2, 0) is 14.6 Å². The van der Waals surface area contributed by atoms with Crippen molar-refractivity contribution in [3.05, 3.63) is 58.1 Å². The fraction of sp³-hybridized carbons (Fsp3) is 0.188. The summed E-state index contributed by atoms with van der Waals surface area (Å²) in [6.45, 7) is 1.83. The fourth-order valence-electron chi connectivity index (χ4n) is 1.93. The molecule has 0 radical (unpaired) electrons. The maximum Gasteiger partial charge on any atom is 0.225 e. The van der Waals surface area contributed by atoms with E-state index in [0.717, 1.165) is 5.56 Å². The largest absolute Gasteiger partial charge is 0.326 e. The molecule has 0 unspecified atom stereocenters. The van der Waals surface area contributed by atoms with E-state index in [1.807, 2.05) is 6.92 Å². The summed E-state index contributed by atoms with van der Waals surface area (Å²) in [6.07, 6.45) is -0.142. The third kappa shape index (κ3) is 4.96. The first-order valence-electron chi connectivity index (χ1n) is 6.82. The van der Waals surface area contributed by atoms with Gasteiger partial charge in [0.05, 0.1) is 10.6 Å². The summed E-state index contributed by atoms with van der Waals surface area (Å²) in [7, 11) is -3.53. The quantitative estimate of drug-likeness (QED) is 0.859. The van der Waals surface area contributed by atoms with E-state index in [9.17, 15) is 13.2 Å². The molecule has 23 heavy (non-hydrogen) atoms. The molecule has 2 aromatic carbocycles. The van der Waals surface area contributed by atoms with Gasteiger partial charge in [-0.05, 0) is 48.9 Å². The van der Waals surface area contributed by atoms with Crippen molar-refractivity contribution < 1.29 is 13.2 Å². The first-order valence-corrected chi connectivity index (χ1v) is 9.23. The van der Waals surface area contributed by atoms with Crippen molar-refractivity contribution >= 4 is 44.6 Å². The highest BCUT2D eigenvalue weighted by atomic mass is 35.5. The van der Waals surface area contributed by atoms with E-state index in [4.69, 9.17) is 23.2 Å². The molecule has 0 saturated heterocycles. The van der Waals surface area contributed by atoms with Gasteiger partial charge in [-0.2, -0.15) is 0 Å². The molecule has 0 aliphatic heterocycles. The van der Waals surface area contributed by atoms with E-state index in [1.165, 1.54) is 24.3 Å². The average Bonchev–Trinajstić information content (AvgIpc) is 2.49. The molecule has 122 valence electrons. The minimum Gasteiger partial charge on any atom is -0.326 e. The van der Waals surface area contributed by atoms with Gasteiger partial charge >= 0.3 is 0 Å². The summed E-state index contributed by atoms with van der Waals surface area (Å²) in [5, 5.41) is 3.63. The number of carbonyl (C=O) groups excluding carboxylic acids is 1. The average molecular weight is 372 g/mol. The van der Waals surface area contributed by atoms with Crippen LogP contribution in [0.3, 0.4) is 0 Å².